The largest absolute Gasteiger partial charge is 0.337 e. The van der Waals surface area contributed by atoms with Crippen molar-refractivity contribution in [3.8, 4) is 0 Å². The van der Waals surface area contributed by atoms with Crippen molar-refractivity contribution in [2.45, 2.75) is 11.8 Å². The molecule has 2 aliphatic heterocycles. The minimum Gasteiger partial charge on any atom is -0.337 e. The van der Waals surface area contributed by atoms with E-state index in [1.807, 2.05) is 16.7 Å². The third-order valence-corrected chi connectivity index (χ3v) is 4.31. The maximum atomic E-state index is 11.0. The molecular formula is C8H14N2OS. The minimum atomic E-state index is 0.210. The Kier molecular flexibility index (Phi) is 1.84. The van der Waals surface area contributed by atoms with Gasteiger partial charge in [-0.3, -0.25) is 9.69 Å². The zero-order chi connectivity index (χ0) is 8.77. The number of amides is 1. The number of hydrogen-bond acceptors (Lipinski definition) is 3. The van der Waals surface area contributed by atoms with Crippen molar-refractivity contribution in [3.05, 3.63) is 0 Å². The molecule has 4 heteroatoms. The highest BCUT2D eigenvalue weighted by atomic mass is 32.2. The van der Waals surface area contributed by atoms with E-state index in [1.54, 1.807) is 6.92 Å². The Hall–Kier alpha value is -0.220. The van der Waals surface area contributed by atoms with E-state index >= 15 is 0 Å². The molecule has 2 fully saturated rings. The molecule has 0 aromatic rings. The molecule has 1 amide bonds. The summed E-state index contributed by atoms with van der Waals surface area (Å²) in [6.07, 6.45) is 0. The summed E-state index contributed by atoms with van der Waals surface area (Å²) in [6.45, 7) is 4.65. The lowest BCUT2D eigenvalue weighted by atomic mass is 10.1. The zero-order valence-corrected chi connectivity index (χ0v) is 8.36. The molecule has 0 aromatic carbocycles. The molecule has 1 spiro atoms. The second kappa shape index (κ2) is 2.64. The van der Waals surface area contributed by atoms with E-state index in [-0.39, 0.29) is 10.8 Å². The lowest BCUT2D eigenvalue weighted by molar-refractivity contribution is -0.136. The molecule has 0 bridgehead atoms. The predicted molar refractivity (Wildman–Crippen MR) is 50.1 cm³/mol. The van der Waals surface area contributed by atoms with Crippen molar-refractivity contribution in [2.24, 2.45) is 0 Å². The van der Waals surface area contributed by atoms with Crippen LogP contribution in [0, 0.1) is 0 Å². The lowest BCUT2D eigenvalue weighted by Crippen LogP contribution is -2.66. The Morgan fingerprint density at radius 1 is 1.50 bits per heavy atom. The van der Waals surface area contributed by atoms with Gasteiger partial charge in [0.1, 0.15) is 4.87 Å². The van der Waals surface area contributed by atoms with Crippen LogP contribution in [-0.2, 0) is 4.79 Å². The number of rotatable bonds is 0. The molecule has 0 unspecified atom stereocenters. The van der Waals surface area contributed by atoms with Gasteiger partial charge in [0.05, 0.1) is 13.1 Å². The Morgan fingerprint density at radius 2 is 2.17 bits per heavy atom. The van der Waals surface area contributed by atoms with Crippen LogP contribution in [0.15, 0.2) is 0 Å². The summed E-state index contributed by atoms with van der Waals surface area (Å²) in [5.41, 5.74) is 0. The van der Waals surface area contributed by atoms with Crippen LogP contribution < -0.4 is 0 Å². The molecule has 0 saturated carbocycles. The van der Waals surface area contributed by atoms with E-state index in [4.69, 9.17) is 0 Å². The van der Waals surface area contributed by atoms with Gasteiger partial charge in [-0.15, -0.1) is 11.8 Å². The Morgan fingerprint density at radius 3 is 2.58 bits per heavy atom. The number of carbonyl (C=O) groups excluding carboxylic acids is 1. The number of carbonyl (C=O) groups is 1. The fourth-order valence-corrected chi connectivity index (χ4v) is 3.34. The van der Waals surface area contributed by atoms with Gasteiger partial charge in [-0.05, 0) is 7.05 Å². The van der Waals surface area contributed by atoms with Crippen LogP contribution in [0.3, 0.4) is 0 Å². The van der Waals surface area contributed by atoms with Gasteiger partial charge >= 0.3 is 0 Å². The highest BCUT2D eigenvalue weighted by Gasteiger charge is 2.50. The SMILES string of the molecule is CC(=O)N1CC2(C1)SCCN2C. The molecule has 2 heterocycles. The van der Waals surface area contributed by atoms with Crippen LogP contribution >= 0.6 is 11.8 Å². The van der Waals surface area contributed by atoms with Crippen molar-refractivity contribution >= 4 is 17.7 Å². The Bertz CT molecular complexity index is 213. The van der Waals surface area contributed by atoms with Crippen molar-refractivity contribution in [3.63, 3.8) is 0 Å². The summed E-state index contributed by atoms with van der Waals surface area (Å²) in [6, 6.07) is 0. The van der Waals surface area contributed by atoms with Gasteiger partial charge in [0.2, 0.25) is 5.91 Å². The van der Waals surface area contributed by atoms with E-state index in [0.29, 0.717) is 0 Å². The third kappa shape index (κ3) is 1.05. The molecule has 2 saturated heterocycles. The average Bonchev–Trinajstić information content (AvgIpc) is 2.26. The molecular weight excluding hydrogens is 172 g/mol. The second-order valence-corrected chi connectivity index (χ2v) is 5.05. The van der Waals surface area contributed by atoms with Gasteiger partial charge in [0.15, 0.2) is 0 Å². The van der Waals surface area contributed by atoms with Crippen LogP contribution in [0.4, 0.5) is 0 Å². The first-order chi connectivity index (χ1) is 5.64. The monoisotopic (exact) mass is 186 g/mol. The van der Waals surface area contributed by atoms with Crippen molar-refractivity contribution < 1.29 is 4.79 Å². The molecule has 0 N–H and O–H groups in total. The maximum absolute atomic E-state index is 11.0. The highest BCUT2D eigenvalue weighted by molar-refractivity contribution is 8.01. The summed E-state index contributed by atoms with van der Waals surface area (Å²) >= 11 is 1.99. The summed E-state index contributed by atoms with van der Waals surface area (Å²) in [5.74, 6) is 1.42. The lowest BCUT2D eigenvalue weighted by Gasteiger charge is -2.50. The van der Waals surface area contributed by atoms with Gasteiger partial charge in [-0.2, -0.15) is 0 Å². The molecule has 0 aromatic heterocycles. The van der Waals surface area contributed by atoms with E-state index < -0.39 is 0 Å². The van der Waals surface area contributed by atoms with E-state index in [1.165, 1.54) is 5.75 Å². The fourth-order valence-electron chi connectivity index (χ4n) is 1.79. The molecule has 3 nitrogen and oxygen atoms in total. The zero-order valence-electron chi connectivity index (χ0n) is 7.54. The molecule has 68 valence electrons. The number of thioether (sulfide) groups is 1. The van der Waals surface area contributed by atoms with Crippen molar-refractivity contribution in [1.29, 1.82) is 0 Å². The smallest absolute Gasteiger partial charge is 0.219 e. The first-order valence-corrected chi connectivity index (χ1v) is 5.23. The topological polar surface area (TPSA) is 23.6 Å². The molecule has 2 aliphatic rings. The number of nitrogens with zero attached hydrogens (tertiary/aromatic N) is 2. The summed E-state index contributed by atoms with van der Waals surface area (Å²) in [7, 11) is 2.15. The molecule has 0 atom stereocenters. The molecule has 0 radical (unpaired) electrons. The van der Waals surface area contributed by atoms with Crippen LogP contribution in [0.2, 0.25) is 0 Å². The standard InChI is InChI=1S/C8H14N2OS/c1-7(11)10-5-8(6-10)9(2)3-4-12-8/h3-6H2,1-2H3. The van der Waals surface area contributed by atoms with E-state index in [9.17, 15) is 4.79 Å². The molecule has 0 aliphatic carbocycles. The summed E-state index contributed by atoms with van der Waals surface area (Å²) < 4.78 is 0. The second-order valence-electron chi connectivity index (χ2n) is 3.59. The highest BCUT2D eigenvalue weighted by Crippen LogP contribution is 2.41. The van der Waals surface area contributed by atoms with Crippen LogP contribution in [0.1, 0.15) is 6.92 Å². The number of likely N-dealkylation sites (N-methyl/N-ethyl adjacent to an activating group) is 1. The van der Waals surface area contributed by atoms with E-state index in [2.05, 4.69) is 11.9 Å². The summed E-state index contributed by atoms with van der Waals surface area (Å²) in [4.78, 5) is 15.5. The molecule has 12 heavy (non-hydrogen) atoms. The van der Waals surface area contributed by atoms with Crippen LogP contribution in [-0.4, -0.2) is 53.0 Å². The van der Waals surface area contributed by atoms with Gasteiger partial charge < -0.3 is 4.90 Å². The number of likely N-dealkylation sites (tertiary alicyclic amines) is 1. The minimum absolute atomic E-state index is 0.210. The molecule has 2 rings (SSSR count). The van der Waals surface area contributed by atoms with Gasteiger partial charge in [0.25, 0.3) is 0 Å². The predicted octanol–water partition coefficient (Wildman–Crippen LogP) is 0.223. The summed E-state index contributed by atoms with van der Waals surface area (Å²) in [5, 5.41) is 0. The van der Waals surface area contributed by atoms with Gasteiger partial charge in [-0.25, -0.2) is 0 Å². The Labute approximate surface area is 77.1 Å². The Balaban J connectivity index is 1.97. The van der Waals surface area contributed by atoms with Gasteiger partial charge in [-0.1, -0.05) is 0 Å². The first-order valence-electron chi connectivity index (χ1n) is 4.25. The van der Waals surface area contributed by atoms with E-state index in [0.717, 1.165) is 19.6 Å². The van der Waals surface area contributed by atoms with Crippen molar-refractivity contribution in [1.82, 2.24) is 9.80 Å². The fraction of sp³-hybridized carbons (Fsp3) is 0.875. The van der Waals surface area contributed by atoms with Crippen LogP contribution in [0.25, 0.3) is 0 Å². The van der Waals surface area contributed by atoms with Crippen LogP contribution in [0.5, 0.6) is 0 Å². The number of hydrogen-bond donors (Lipinski definition) is 0. The third-order valence-electron chi connectivity index (χ3n) is 2.81. The van der Waals surface area contributed by atoms with Crippen molar-refractivity contribution in [2.75, 3.05) is 32.4 Å². The maximum Gasteiger partial charge on any atom is 0.219 e. The normalized spacial score (nSPS) is 27.7. The van der Waals surface area contributed by atoms with Gasteiger partial charge in [0, 0.05) is 19.2 Å². The average molecular weight is 186 g/mol. The quantitative estimate of drug-likeness (QED) is 0.541. The first kappa shape index (κ1) is 8.38.